The van der Waals surface area contributed by atoms with Gasteiger partial charge in [0.05, 0.1) is 10.7 Å². The summed E-state index contributed by atoms with van der Waals surface area (Å²) in [4.78, 5) is 1.14. The first-order valence-electron chi connectivity index (χ1n) is 4.80. The molecule has 0 aliphatic carbocycles. The molecule has 84 valence electrons. The molecule has 0 fully saturated rings. The van der Waals surface area contributed by atoms with Gasteiger partial charge in [-0.2, -0.15) is 5.10 Å². The van der Waals surface area contributed by atoms with Crippen molar-refractivity contribution < 1.29 is 0 Å². The molecule has 2 aromatic rings. The molecule has 0 saturated carbocycles. The van der Waals surface area contributed by atoms with E-state index in [4.69, 9.17) is 5.73 Å². The van der Waals surface area contributed by atoms with Gasteiger partial charge in [0.15, 0.2) is 0 Å². The van der Waals surface area contributed by atoms with Crippen LogP contribution in [0.2, 0.25) is 0 Å². The standard InChI is InChI=1S/C11H12BrN3S/c1-7-5-11(15(2)14-7)16-10-4-3-8(13)6-9(10)12/h3-6H,13H2,1-2H3. The minimum absolute atomic E-state index is 0.761. The maximum Gasteiger partial charge on any atom is 0.0987 e. The van der Waals surface area contributed by atoms with Crippen molar-refractivity contribution in [1.29, 1.82) is 0 Å². The van der Waals surface area contributed by atoms with Crippen molar-refractivity contribution in [2.75, 3.05) is 5.73 Å². The Balaban J connectivity index is 2.30. The summed E-state index contributed by atoms with van der Waals surface area (Å²) in [7, 11) is 1.94. The summed E-state index contributed by atoms with van der Waals surface area (Å²) in [5.74, 6) is 0. The highest BCUT2D eigenvalue weighted by molar-refractivity contribution is 9.10. The molecule has 0 aliphatic rings. The molecule has 0 spiro atoms. The van der Waals surface area contributed by atoms with E-state index in [2.05, 4.69) is 27.1 Å². The van der Waals surface area contributed by atoms with E-state index < -0.39 is 0 Å². The van der Waals surface area contributed by atoms with Crippen LogP contribution in [0.1, 0.15) is 5.69 Å². The summed E-state index contributed by atoms with van der Waals surface area (Å²) < 4.78 is 2.89. The number of aromatic nitrogens is 2. The lowest BCUT2D eigenvalue weighted by molar-refractivity contribution is 0.692. The van der Waals surface area contributed by atoms with Crippen molar-refractivity contribution in [3.63, 3.8) is 0 Å². The Morgan fingerprint density at radius 3 is 2.69 bits per heavy atom. The van der Waals surface area contributed by atoms with Crippen LogP contribution in [0.25, 0.3) is 0 Å². The van der Waals surface area contributed by atoms with Crippen LogP contribution in [0.5, 0.6) is 0 Å². The van der Waals surface area contributed by atoms with Gasteiger partial charge in [-0.05, 0) is 47.1 Å². The van der Waals surface area contributed by atoms with E-state index in [9.17, 15) is 0 Å². The van der Waals surface area contributed by atoms with E-state index in [-0.39, 0.29) is 0 Å². The molecule has 2 rings (SSSR count). The minimum atomic E-state index is 0.761. The van der Waals surface area contributed by atoms with Crippen molar-refractivity contribution >= 4 is 33.4 Å². The third-order valence-corrected chi connectivity index (χ3v) is 4.22. The zero-order valence-electron chi connectivity index (χ0n) is 9.07. The number of nitrogens with two attached hydrogens (primary N) is 1. The molecule has 1 aromatic heterocycles. The highest BCUT2D eigenvalue weighted by Crippen LogP contribution is 2.34. The zero-order chi connectivity index (χ0) is 11.7. The van der Waals surface area contributed by atoms with Gasteiger partial charge in [0, 0.05) is 22.1 Å². The minimum Gasteiger partial charge on any atom is -0.399 e. The topological polar surface area (TPSA) is 43.8 Å². The van der Waals surface area contributed by atoms with E-state index in [0.717, 1.165) is 25.8 Å². The maximum absolute atomic E-state index is 5.70. The van der Waals surface area contributed by atoms with Crippen LogP contribution < -0.4 is 5.73 Å². The number of anilines is 1. The van der Waals surface area contributed by atoms with Gasteiger partial charge in [-0.1, -0.05) is 11.8 Å². The number of aryl methyl sites for hydroxylation is 2. The number of hydrogen-bond acceptors (Lipinski definition) is 3. The monoisotopic (exact) mass is 297 g/mol. The number of hydrogen-bond donors (Lipinski definition) is 1. The smallest absolute Gasteiger partial charge is 0.0987 e. The predicted octanol–water partition coefficient (Wildman–Crippen LogP) is 3.22. The molecule has 1 aromatic carbocycles. The molecule has 3 nitrogen and oxygen atoms in total. The summed E-state index contributed by atoms with van der Waals surface area (Å²) >= 11 is 5.17. The molecule has 0 radical (unpaired) electrons. The predicted molar refractivity (Wildman–Crippen MR) is 70.6 cm³/mol. The van der Waals surface area contributed by atoms with E-state index in [1.807, 2.05) is 36.9 Å². The number of benzene rings is 1. The Bertz CT molecular complexity index is 522. The van der Waals surface area contributed by atoms with Crippen LogP contribution in [0.4, 0.5) is 5.69 Å². The first-order chi connectivity index (χ1) is 7.56. The van der Waals surface area contributed by atoms with Crippen molar-refractivity contribution in [2.45, 2.75) is 16.8 Å². The SMILES string of the molecule is Cc1cc(Sc2ccc(N)cc2Br)n(C)n1. The molecule has 0 bridgehead atoms. The Labute approximate surface area is 107 Å². The lowest BCUT2D eigenvalue weighted by Gasteiger charge is -2.05. The van der Waals surface area contributed by atoms with Gasteiger partial charge in [-0.25, -0.2) is 0 Å². The van der Waals surface area contributed by atoms with Gasteiger partial charge in [-0.15, -0.1) is 0 Å². The molecule has 0 atom stereocenters. The van der Waals surface area contributed by atoms with Gasteiger partial charge in [0.1, 0.15) is 0 Å². The van der Waals surface area contributed by atoms with Crippen LogP contribution in [0, 0.1) is 6.92 Å². The second-order valence-electron chi connectivity index (χ2n) is 3.54. The molecule has 16 heavy (non-hydrogen) atoms. The van der Waals surface area contributed by atoms with Crippen LogP contribution >= 0.6 is 27.7 Å². The number of rotatable bonds is 2. The number of halogens is 1. The van der Waals surface area contributed by atoms with Crippen LogP contribution in [-0.4, -0.2) is 9.78 Å². The van der Waals surface area contributed by atoms with Crippen LogP contribution in [0.15, 0.2) is 38.7 Å². The highest BCUT2D eigenvalue weighted by Gasteiger charge is 2.07. The van der Waals surface area contributed by atoms with Gasteiger partial charge < -0.3 is 5.73 Å². The third kappa shape index (κ3) is 2.41. The van der Waals surface area contributed by atoms with Crippen molar-refractivity contribution in [3.8, 4) is 0 Å². The number of nitrogens with zero attached hydrogens (tertiary/aromatic N) is 2. The van der Waals surface area contributed by atoms with Gasteiger partial charge in [0.25, 0.3) is 0 Å². The van der Waals surface area contributed by atoms with Gasteiger partial charge >= 0.3 is 0 Å². The lowest BCUT2D eigenvalue weighted by atomic mass is 10.3. The summed E-state index contributed by atoms with van der Waals surface area (Å²) in [6.45, 7) is 1.99. The van der Waals surface area contributed by atoms with E-state index in [1.54, 1.807) is 11.8 Å². The van der Waals surface area contributed by atoms with E-state index in [0.29, 0.717) is 0 Å². The molecular weight excluding hydrogens is 286 g/mol. The zero-order valence-corrected chi connectivity index (χ0v) is 11.5. The fourth-order valence-electron chi connectivity index (χ4n) is 1.39. The van der Waals surface area contributed by atoms with Gasteiger partial charge in [0.2, 0.25) is 0 Å². The van der Waals surface area contributed by atoms with E-state index >= 15 is 0 Å². The molecule has 0 aliphatic heterocycles. The Kier molecular flexibility index (Phi) is 3.25. The fraction of sp³-hybridized carbons (Fsp3) is 0.182. The molecule has 0 unspecified atom stereocenters. The van der Waals surface area contributed by atoms with Crippen LogP contribution in [0.3, 0.4) is 0 Å². The molecule has 2 N–H and O–H groups in total. The second-order valence-corrected chi connectivity index (χ2v) is 5.46. The molecular formula is C11H12BrN3S. The average molecular weight is 298 g/mol. The second kappa shape index (κ2) is 4.51. The maximum atomic E-state index is 5.70. The van der Waals surface area contributed by atoms with Crippen molar-refractivity contribution in [1.82, 2.24) is 9.78 Å². The summed E-state index contributed by atoms with van der Waals surface area (Å²) in [6, 6.07) is 7.88. The fourth-order valence-corrected chi connectivity index (χ4v) is 2.95. The molecule has 5 heteroatoms. The largest absolute Gasteiger partial charge is 0.399 e. The third-order valence-electron chi connectivity index (χ3n) is 2.13. The Morgan fingerprint density at radius 1 is 1.38 bits per heavy atom. The number of nitrogen functional groups attached to an aromatic ring is 1. The normalized spacial score (nSPS) is 10.7. The lowest BCUT2D eigenvalue weighted by Crippen LogP contribution is -1.92. The summed E-state index contributed by atoms with van der Waals surface area (Å²) in [5.41, 5.74) is 7.48. The molecule has 1 heterocycles. The summed E-state index contributed by atoms with van der Waals surface area (Å²) in [6.07, 6.45) is 0. The first-order valence-corrected chi connectivity index (χ1v) is 6.41. The average Bonchev–Trinajstić information content (AvgIpc) is 2.50. The highest BCUT2D eigenvalue weighted by atomic mass is 79.9. The van der Waals surface area contributed by atoms with E-state index in [1.165, 1.54) is 0 Å². The molecule has 0 saturated heterocycles. The van der Waals surface area contributed by atoms with Crippen LogP contribution in [-0.2, 0) is 7.05 Å². The quantitative estimate of drug-likeness (QED) is 0.866. The Hall–Kier alpha value is -0.940. The molecule has 0 amide bonds. The first kappa shape index (κ1) is 11.5. The Morgan fingerprint density at radius 2 is 2.12 bits per heavy atom. The summed E-state index contributed by atoms with van der Waals surface area (Å²) in [5, 5.41) is 5.42. The van der Waals surface area contributed by atoms with Gasteiger partial charge in [-0.3, -0.25) is 4.68 Å². The van der Waals surface area contributed by atoms with Crippen molar-refractivity contribution in [2.24, 2.45) is 7.05 Å². The van der Waals surface area contributed by atoms with Crippen molar-refractivity contribution in [3.05, 3.63) is 34.4 Å².